The maximum atomic E-state index is 11.8. The predicted octanol–water partition coefficient (Wildman–Crippen LogP) is 1.13. The normalized spacial score (nSPS) is 11.9. The van der Waals surface area contributed by atoms with E-state index < -0.39 is 0 Å². The van der Waals surface area contributed by atoms with Crippen LogP contribution in [0.15, 0.2) is 24.5 Å². The third kappa shape index (κ3) is 2.62. The molecule has 15 heavy (non-hydrogen) atoms. The lowest BCUT2D eigenvalue weighted by Gasteiger charge is -2.22. The van der Waals surface area contributed by atoms with Gasteiger partial charge in [0.05, 0.1) is 6.04 Å². The van der Waals surface area contributed by atoms with Crippen LogP contribution in [0.3, 0.4) is 0 Å². The summed E-state index contributed by atoms with van der Waals surface area (Å²) >= 11 is 0. The van der Waals surface area contributed by atoms with E-state index in [0.717, 1.165) is 6.29 Å². The molecule has 0 aliphatic heterocycles. The van der Waals surface area contributed by atoms with Gasteiger partial charge in [-0.1, -0.05) is 6.92 Å². The van der Waals surface area contributed by atoms with Crippen molar-refractivity contribution in [2.24, 2.45) is 0 Å². The highest BCUT2D eigenvalue weighted by molar-refractivity contribution is 5.95. The number of hydrogen-bond acceptors (Lipinski definition) is 3. The first kappa shape index (κ1) is 11.4. The minimum atomic E-state index is -0.356. The van der Waals surface area contributed by atoms with Crippen LogP contribution in [0.5, 0.6) is 0 Å². The number of aromatic nitrogens is 1. The molecular weight excluding hydrogens is 192 g/mol. The van der Waals surface area contributed by atoms with E-state index in [1.165, 1.54) is 4.90 Å². The Morgan fingerprint density at radius 2 is 2.13 bits per heavy atom. The van der Waals surface area contributed by atoms with Crippen LogP contribution in [-0.4, -0.2) is 35.2 Å². The first-order chi connectivity index (χ1) is 7.20. The van der Waals surface area contributed by atoms with Gasteiger partial charge in [-0.3, -0.25) is 9.78 Å². The van der Waals surface area contributed by atoms with Gasteiger partial charge in [0.25, 0.3) is 5.91 Å². The standard InChI is InChI=1S/C11H14N2O2/c1-3-10(8-14)13(2)11(15)9-4-6-12-7-5-9/h4-8,10H,3H2,1-2H3. The molecule has 0 aliphatic carbocycles. The van der Waals surface area contributed by atoms with Gasteiger partial charge in [0, 0.05) is 25.0 Å². The number of aldehydes is 1. The van der Waals surface area contributed by atoms with E-state index in [1.54, 1.807) is 31.6 Å². The minimum absolute atomic E-state index is 0.156. The SMILES string of the molecule is CCC(C=O)N(C)C(=O)c1ccncc1. The van der Waals surface area contributed by atoms with Crippen LogP contribution in [0.1, 0.15) is 23.7 Å². The number of carbonyl (C=O) groups is 2. The number of carbonyl (C=O) groups excluding carboxylic acids is 2. The molecule has 1 aromatic heterocycles. The summed E-state index contributed by atoms with van der Waals surface area (Å²) in [4.78, 5) is 27.8. The lowest BCUT2D eigenvalue weighted by atomic mass is 10.2. The summed E-state index contributed by atoms with van der Waals surface area (Å²) in [5.74, 6) is -0.156. The van der Waals surface area contributed by atoms with Crippen molar-refractivity contribution in [3.63, 3.8) is 0 Å². The second-order valence-electron chi connectivity index (χ2n) is 3.26. The zero-order valence-electron chi connectivity index (χ0n) is 8.88. The van der Waals surface area contributed by atoms with E-state index in [2.05, 4.69) is 4.98 Å². The van der Waals surface area contributed by atoms with Crippen LogP contribution < -0.4 is 0 Å². The maximum Gasteiger partial charge on any atom is 0.254 e. The van der Waals surface area contributed by atoms with Crippen LogP contribution >= 0.6 is 0 Å². The molecule has 1 rings (SSSR count). The molecule has 0 aliphatic rings. The summed E-state index contributed by atoms with van der Waals surface area (Å²) < 4.78 is 0. The van der Waals surface area contributed by atoms with Crippen LogP contribution in [-0.2, 0) is 4.79 Å². The second-order valence-corrected chi connectivity index (χ2v) is 3.26. The van der Waals surface area contributed by atoms with E-state index in [0.29, 0.717) is 12.0 Å². The monoisotopic (exact) mass is 206 g/mol. The molecule has 4 nitrogen and oxygen atoms in total. The summed E-state index contributed by atoms with van der Waals surface area (Å²) in [6.45, 7) is 1.87. The molecule has 0 fully saturated rings. The quantitative estimate of drug-likeness (QED) is 0.694. The Morgan fingerprint density at radius 1 is 1.53 bits per heavy atom. The van der Waals surface area contributed by atoms with E-state index in [4.69, 9.17) is 0 Å². The lowest BCUT2D eigenvalue weighted by Crippen LogP contribution is -2.37. The predicted molar refractivity (Wildman–Crippen MR) is 56.5 cm³/mol. The number of nitrogens with zero attached hydrogens (tertiary/aromatic N) is 2. The van der Waals surface area contributed by atoms with Crippen molar-refractivity contribution in [1.29, 1.82) is 0 Å². The third-order valence-electron chi connectivity index (χ3n) is 2.32. The van der Waals surface area contributed by atoms with Crippen molar-refractivity contribution < 1.29 is 9.59 Å². The highest BCUT2D eigenvalue weighted by Gasteiger charge is 2.18. The average molecular weight is 206 g/mol. The maximum absolute atomic E-state index is 11.8. The topological polar surface area (TPSA) is 50.3 Å². The van der Waals surface area contributed by atoms with Crippen molar-refractivity contribution in [2.75, 3.05) is 7.05 Å². The molecule has 1 aromatic rings. The summed E-state index contributed by atoms with van der Waals surface area (Å²) in [6.07, 6.45) is 4.53. The Hall–Kier alpha value is -1.71. The molecular formula is C11H14N2O2. The molecule has 0 saturated heterocycles. The first-order valence-corrected chi connectivity index (χ1v) is 4.83. The van der Waals surface area contributed by atoms with Gasteiger partial charge >= 0.3 is 0 Å². The van der Waals surface area contributed by atoms with Crippen LogP contribution in [0.4, 0.5) is 0 Å². The van der Waals surface area contributed by atoms with E-state index in [1.807, 2.05) is 6.92 Å². The summed E-state index contributed by atoms with van der Waals surface area (Å²) in [5, 5.41) is 0. The summed E-state index contributed by atoms with van der Waals surface area (Å²) in [6, 6.07) is 2.91. The van der Waals surface area contributed by atoms with Crippen molar-refractivity contribution in [3.05, 3.63) is 30.1 Å². The number of rotatable bonds is 4. The molecule has 1 heterocycles. The Balaban J connectivity index is 2.81. The average Bonchev–Trinajstić information content (AvgIpc) is 2.30. The molecule has 0 aromatic carbocycles. The molecule has 0 bridgehead atoms. The van der Waals surface area contributed by atoms with Gasteiger partial charge in [-0.25, -0.2) is 0 Å². The molecule has 80 valence electrons. The summed E-state index contributed by atoms with van der Waals surface area (Å²) in [5.41, 5.74) is 0.549. The van der Waals surface area contributed by atoms with E-state index >= 15 is 0 Å². The fourth-order valence-corrected chi connectivity index (χ4v) is 1.31. The molecule has 4 heteroatoms. The van der Waals surface area contributed by atoms with Crippen LogP contribution in [0.2, 0.25) is 0 Å². The van der Waals surface area contributed by atoms with Gasteiger partial charge in [-0.05, 0) is 18.6 Å². The molecule has 1 atom stereocenters. The zero-order chi connectivity index (χ0) is 11.3. The molecule has 0 spiro atoms. The fourth-order valence-electron chi connectivity index (χ4n) is 1.31. The Kier molecular flexibility index (Phi) is 3.97. The van der Waals surface area contributed by atoms with Crippen LogP contribution in [0, 0.1) is 0 Å². The molecule has 1 amide bonds. The Bertz CT molecular complexity index is 338. The van der Waals surface area contributed by atoms with Crippen molar-refractivity contribution in [1.82, 2.24) is 9.88 Å². The molecule has 0 radical (unpaired) electrons. The van der Waals surface area contributed by atoms with E-state index in [9.17, 15) is 9.59 Å². The molecule has 0 N–H and O–H groups in total. The van der Waals surface area contributed by atoms with Gasteiger partial charge < -0.3 is 9.69 Å². The number of pyridine rings is 1. The highest BCUT2D eigenvalue weighted by Crippen LogP contribution is 2.06. The zero-order valence-corrected chi connectivity index (χ0v) is 8.88. The Labute approximate surface area is 88.9 Å². The van der Waals surface area contributed by atoms with Gasteiger partial charge in [0.1, 0.15) is 6.29 Å². The number of amides is 1. The van der Waals surface area contributed by atoms with E-state index in [-0.39, 0.29) is 11.9 Å². The highest BCUT2D eigenvalue weighted by atomic mass is 16.2. The number of hydrogen-bond donors (Lipinski definition) is 0. The smallest absolute Gasteiger partial charge is 0.254 e. The minimum Gasteiger partial charge on any atom is -0.332 e. The van der Waals surface area contributed by atoms with Gasteiger partial charge in [-0.2, -0.15) is 0 Å². The largest absolute Gasteiger partial charge is 0.332 e. The van der Waals surface area contributed by atoms with Crippen molar-refractivity contribution >= 4 is 12.2 Å². The van der Waals surface area contributed by atoms with Gasteiger partial charge in [0.2, 0.25) is 0 Å². The van der Waals surface area contributed by atoms with Crippen molar-refractivity contribution in [3.8, 4) is 0 Å². The lowest BCUT2D eigenvalue weighted by molar-refractivity contribution is -0.111. The van der Waals surface area contributed by atoms with Gasteiger partial charge in [-0.15, -0.1) is 0 Å². The van der Waals surface area contributed by atoms with Crippen molar-refractivity contribution in [2.45, 2.75) is 19.4 Å². The first-order valence-electron chi connectivity index (χ1n) is 4.83. The summed E-state index contributed by atoms with van der Waals surface area (Å²) in [7, 11) is 1.63. The molecule has 0 saturated carbocycles. The second kappa shape index (κ2) is 5.24. The Morgan fingerprint density at radius 3 is 2.60 bits per heavy atom. The third-order valence-corrected chi connectivity index (χ3v) is 2.32. The van der Waals surface area contributed by atoms with Gasteiger partial charge in [0.15, 0.2) is 0 Å². The van der Waals surface area contributed by atoms with Crippen LogP contribution in [0.25, 0.3) is 0 Å². The fraction of sp³-hybridized carbons (Fsp3) is 0.364. The number of likely N-dealkylation sites (N-methyl/N-ethyl adjacent to an activating group) is 1. The molecule has 1 unspecified atom stereocenters.